The summed E-state index contributed by atoms with van der Waals surface area (Å²) in [6.07, 6.45) is 1.64. The third kappa shape index (κ3) is 3.02. The van der Waals surface area contributed by atoms with Crippen molar-refractivity contribution in [3.63, 3.8) is 0 Å². The Balaban J connectivity index is 1.64. The molecular formula is C14H19N5O. The first-order valence-corrected chi connectivity index (χ1v) is 6.94. The van der Waals surface area contributed by atoms with E-state index in [9.17, 15) is 5.11 Å². The van der Waals surface area contributed by atoms with E-state index in [2.05, 4.69) is 32.4 Å². The maximum atomic E-state index is 9.51. The Morgan fingerprint density at radius 1 is 1.20 bits per heavy atom. The van der Waals surface area contributed by atoms with Gasteiger partial charge in [-0.1, -0.05) is 24.3 Å². The molecule has 1 aliphatic heterocycles. The highest BCUT2D eigenvalue weighted by Crippen LogP contribution is 2.17. The zero-order chi connectivity index (χ0) is 13.9. The normalized spacial score (nSPS) is 17.5. The molecule has 6 nitrogen and oxygen atoms in total. The third-order valence-corrected chi connectivity index (χ3v) is 3.68. The van der Waals surface area contributed by atoms with E-state index in [1.165, 1.54) is 10.4 Å². The summed E-state index contributed by atoms with van der Waals surface area (Å²) in [7, 11) is 1.76. The lowest BCUT2D eigenvalue weighted by atomic mass is 10.1. The SMILES string of the molecule is Cn1nnc(-c2ccc(CN3CCC(O)CC3)cc2)n1. The Kier molecular flexibility index (Phi) is 3.75. The standard InChI is InChI=1S/C14H19N5O/c1-18-16-14(15-17-18)12-4-2-11(3-5-12)10-19-8-6-13(20)7-9-19/h2-5,13,20H,6-10H2,1H3. The largest absolute Gasteiger partial charge is 0.393 e. The predicted molar refractivity (Wildman–Crippen MR) is 74.8 cm³/mol. The van der Waals surface area contributed by atoms with Gasteiger partial charge in [0.15, 0.2) is 0 Å². The predicted octanol–water partition coefficient (Wildman–Crippen LogP) is 0.834. The van der Waals surface area contributed by atoms with Crippen molar-refractivity contribution < 1.29 is 5.11 Å². The molecule has 6 heteroatoms. The number of aliphatic hydroxyl groups is 1. The van der Waals surface area contributed by atoms with Crippen molar-refractivity contribution in [2.45, 2.75) is 25.5 Å². The second kappa shape index (κ2) is 5.68. The lowest BCUT2D eigenvalue weighted by molar-refractivity contribution is 0.0792. The van der Waals surface area contributed by atoms with Gasteiger partial charge in [-0.2, -0.15) is 4.80 Å². The summed E-state index contributed by atoms with van der Waals surface area (Å²) in [6, 6.07) is 8.28. The molecule has 106 valence electrons. The molecule has 1 N–H and O–H groups in total. The minimum absolute atomic E-state index is 0.114. The summed E-state index contributed by atoms with van der Waals surface area (Å²) in [4.78, 5) is 3.84. The molecule has 0 saturated carbocycles. The van der Waals surface area contributed by atoms with Gasteiger partial charge >= 0.3 is 0 Å². The van der Waals surface area contributed by atoms with Crippen molar-refractivity contribution in [2.24, 2.45) is 7.05 Å². The highest BCUT2D eigenvalue weighted by atomic mass is 16.3. The number of tetrazole rings is 1. The van der Waals surface area contributed by atoms with E-state index in [0.29, 0.717) is 5.82 Å². The number of piperidine rings is 1. The van der Waals surface area contributed by atoms with Crippen LogP contribution in [0.15, 0.2) is 24.3 Å². The van der Waals surface area contributed by atoms with Gasteiger partial charge in [0.2, 0.25) is 5.82 Å². The van der Waals surface area contributed by atoms with Crippen molar-refractivity contribution in [3.8, 4) is 11.4 Å². The van der Waals surface area contributed by atoms with Gasteiger partial charge in [0, 0.05) is 25.2 Å². The van der Waals surface area contributed by atoms with E-state index in [-0.39, 0.29) is 6.10 Å². The number of aryl methyl sites for hydroxylation is 1. The fourth-order valence-corrected chi connectivity index (χ4v) is 2.49. The van der Waals surface area contributed by atoms with E-state index in [4.69, 9.17) is 0 Å². The summed E-state index contributed by atoms with van der Waals surface area (Å²) in [5.41, 5.74) is 2.25. The Morgan fingerprint density at radius 3 is 2.50 bits per heavy atom. The number of aromatic nitrogens is 4. The highest BCUT2D eigenvalue weighted by Gasteiger charge is 2.16. The number of hydrogen-bond donors (Lipinski definition) is 1. The maximum absolute atomic E-state index is 9.51. The quantitative estimate of drug-likeness (QED) is 0.897. The number of nitrogens with zero attached hydrogens (tertiary/aromatic N) is 5. The zero-order valence-corrected chi connectivity index (χ0v) is 11.6. The summed E-state index contributed by atoms with van der Waals surface area (Å²) in [5.74, 6) is 0.653. The van der Waals surface area contributed by atoms with E-state index in [0.717, 1.165) is 38.0 Å². The van der Waals surface area contributed by atoms with Crippen molar-refractivity contribution in [1.82, 2.24) is 25.1 Å². The second-order valence-electron chi connectivity index (χ2n) is 5.31. The average molecular weight is 273 g/mol. The molecule has 1 fully saturated rings. The van der Waals surface area contributed by atoms with Crippen LogP contribution in [-0.2, 0) is 13.6 Å². The summed E-state index contributed by atoms with van der Waals surface area (Å²) >= 11 is 0. The zero-order valence-electron chi connectivity index (χ0n) is 11.6. The minimum atomic E-state index is -0.114. The number of benzene rings is 1. The van der Waals surface area contributed by atoms with Gasteiger partial charge in [-0.05, 0) is 23.6 Å². The first-order valence-electron chi connectivity index (χ1n) is 6.94. The highest BCUT2D eigenvalue weighted by molar-refractivity contribution is 5.54. The number of rotatable bonds is 3. The van der Waals surface area contributed by atoms with Crippen molar-refractivity contribution in [2.75, 3.05) is 13.1 Å². The summed E-state index contributed by atoms with van der Waals surface area (Å²) in [6.45, 7) is 2.87. The Bertz CT molecular complexity index is 557. The fraction of sp³-hybridized carbons (Fsp3) is 0.500. The number of hydrogen-bond acceptors (Lipinski definition) is 5. The molecule has 1 aliphatic rings. The molecule has 0 radical (unpaired) electrons. The molecule has 20 heavy (non-hydrogen) atoms. The molecule has 1 aromatic heterocycles. The van der Waals surface area contributed by atoms with Crippen molar-refractivity contribution in [1.29, 1.82) is 0 Å². The van der Waals surface area contributed by atoms with E-state index in [1.807, 2.05) is 12.1 Å². The summed E-state index contributed by atoms with van der Waals surface area (Å²) < 4.78 is 0. The van der Waals surface area contributed by atoms with Crippen LogP contribution < -0.4 is 0 Å². The minimum Gasteiger partial charge on any atom is -0.393 e. The smallest absolute Gasteiger partial charge is 0.204 e. The van der Waals surface area contributed by atoms with Gasteiger partial charge in [0.05, 0.1) is 13.2 Å². The molecular weight excluding hydrogens is 254 g/mol. The lowest BCUT2D eigenvalue weighted by Gasteiger charge is -2.29. The van der Waals surface area contributed by atoms with Crippen LogP contribution in [0, 0.1) is 0 Å². The van der Waals surface area contributed by atoms with Crippen LogP contribution in [0.5, 0.6) is 0 Å². The van der Waals surface area contributed by atoms with E-state index >= 15 is 0 Å². The molecule has 3 rings (SSSR count). The molecule has 0 aliphatic carbocycles. The van der Waals surface area contributed by atoms with Gasteiger partial charge in [-0.3, -0.25) is 4.90 Å². The topological polar surface area (TPSA) is 67.1 Å². The third-order valence-electron chi connectivity index (χ3n) is 3.68. The van der Waals surface area contributed by atoms with Crippen LogP contribution in [0.1, 0.15) is 18.4 Å². The number of likely N-dealkylation sites (tertiary alicyclic amines) is 1. The molecule has 1 saturated heterocycles. The van der Waals surface area contributed by atoms with Crippen LogP contribution in [0.25, 0.3) is 11.4 Å². The molecule has 2 aromatic rings. The van der Waals surface area contributed by atoms with Crippen LogP contribution >= 0.6 is 0 Å². The van der Waals surface area contributed by atoms with Gasteiger partial charge in [0.1, 0.15) is 0 Å². The Labute approximate surface area is 118 Å². The van der Waals surface area contributed by atoms with Crippen molar-refractivity contribution >= 4 is 0 Å². The molecule has 0 atom stereocenters. The van der Waals surface area contributed by atoms with Gasteiger partial charge in [0.25, 0.3) is 0 Å². The van der Waals surface area contributed by atoms with Crippen LogP contribution in [0.2, 0.25) is 0 Å². The molecule has 0 amide bonds. The van der Waals surface area contributed by atoms with Crippen LogP contribution in [-0.4, -0.2) is 49.4 Å². The first kappa shape index (κ1) is 13.2. The van der Waals surface area contributed by atoms with Gasteiger partial charge in [-0.15, -0.1) is 10.2 Å². The molecule has 0 spiro atoms. The van der Waals surface area contributed by atoms with Crippen LogP contribution in [0.3, 0.4) is 0 Å². The first-order chi connectivity index (χ1) is 9.70. The molecule has 1 aromatic carbocycles. The maximum Gasteiger partial charge on any atom is 0.204 e. The van der Waals surface area contributed by atoms with E-state index in [1.54, 1.807) is 7.05 Å². The molecule has 0 unspecified atom stereocenters. The molecule has 2 heterocycles. The molecule has 0 bridgehead atoms. The van der Waals surface area contributed by atoms with Crippen molar-refractivity contribution in [3.05, 3.63) is 29.8 Å². The monoisotopic (exact) mass is 273 g/mol. The second-order valence-corrected chi connectivity index (χ2v) is 5.31. The number of aliphatic hydroxyl groups excluding tert-OH is 1. The van der Waals surface area contributed by atoms with Crippen LogP contribution in [0.4, 0.5) is 0 Å². The summed E-state index contributed by atoms with van der Waals surface area (Å²) in [5, 5.41) is 21.5. The van der Waals surface area contributed by atoms with E-state index < -0.39 is 0 Å². The Hall–Kier alpha value is -1.79. The fourth-order valence-electron chi connectivity index (χ4n) is 2.49. The average Bonchev–Trinajstić information content (AvgIpc) is 2.89. The van der Waals surface area contributed by atoms with Gasteiger partial charge in [-0.25, -0.2) is 0 Å². The lowest BCUT2D eigenvalue weighted by Crippen LogP contribution is -2.35. The Morgan fingerprint density at radius 2 is 1.90 bits per heavy atom. The van der Waals surface area contributed by atoms with Gasteiger partial charge < -0.3 is 5.11 Å².